The molecule has 1 saturated heterocycles. The molecular weight excluding hydrogens is 242 g/mol. The van der Waals surface area contributed by atoms with Crippen molar-refractivity contribution in [1.29, 1.82) is 0 Å². The molecule has 1 N–H and O–H groups in total. The van der Waals surface area contributed by atoms with Gasteiger partial charge in [0.05, 0.1) is 13.2 Å². The van der Waals surface area contributed by atoms with Crippen LogP contribution < -0.4 is 14.8 Å². The first-order valence-corrected chi connectivity index (χ1v) is 6.97. The highest BCUT2D eigenvalue weighted by Crippen LogP contribution is 2.31. The van der Waals surface area contributed by atoms with Crippen molar-refractivity contribution < 1.29 is 14.2 Å². The van der Waals surface area contributed by atoms with Gasteiger partial charge in [-0.1, -0.05) is 6.07 Å². The number of hydrogen-bond acceptors (Lipinski definition) is 4. The Kier molecular flexibility index (Phi) is 3.62. The van der Waals surface area contributed by atoms with Crippen LogP contribution >= 0.6 is 0 Å². The van der Waals surface area contributed by atoms with Crippen molar-refractivity contribution in [1.82, 2.24) is 5.32 Å². The summed E-state index contributed by atoms with van der Waals surface area (Å²) in [5.74, 6) is 1.74. The number of hydrogen-bond donors (Lipinski definition) is 1. The predicted molar refractivity (Wildman–Crippen MR) is 73.0 cm³/mol. The summed E-state index contributed by atoms with van der Waals surface area (Å²) in [6, 6.07) is 6.24. The highest BCUT2D eigenvalue weighted by Gasteiger charge is 2.26. The summed E-state index contributed by atoms with van der Waals surface area (Å²) in [6.45, 7) is 6.06. The lowest BCUT2D eigenvalue weighted by Crippen LogP contribution is -2.52. The lowest BCUT2D eigenvalue weighted by atomic mass is 9.93. The van der Waals surface area contributed by atoms with Crippen LogP contribution in [0.25, 0.3) is 0 Å². The van der Waals surface area contributed by atoms with Crippen molar-refractivity contribution in [3.05, 3.63) is 23.8 Å². The fourth-order valence-electron chi connectivity index (χ4n) is 2.60. The molecule has 2 heterocycles. The van der Waals surface area contributed by atoms with Crippen LogP contribution in [0.4, 0.5) is 0 Å². The average Bonchev–Trinajstić information content (AvgIpc) is 2.46. The monoisotopic (exact) mass is 263 g/mol. The van der Waals surface area contributed by atoms with Gasteiger partial charge in [0.15, 0.2) is 11.5 Å². The fraction of sp³-hybridized carbons (Fsp3) is 0.600. The molecule has 2 aliphatic rings. The maximum atomic E-state index is 5.62. The van der Waals surface area contributed by atoms with Gasteiger partial charge in [-0.05, 0) is 37.5 Å². The minimum absolute atomic E-state index is 0.0888. The van der Waals surface area contributed by atoms with Crippen molar-refractivity contribution in [3.63, 3.8) is 0 Å². The van der Waals surface area contributed by atoms with Gasteiger partial charge in [-0.3, -0.25) is 0 Å². The standard InChI is InChI=1S/C15H21NO3/c1-15(11-17-7-6-16-15)5-4-12-2-3-13-14(10-12)19-9-8-18-13/h2-3,10,16H,4-9,11H2,1H3. The molecule has 1 unspecified atom stereocenters. The molecule has 0 bridgehead atoms. The average molecular weight is 263 g/mol. The molecule has 4 heteroatoms. The lowest BCUT2D eigenvalue weighted by molar-refractivity contribution is 0.0318. The third-order valence-corrected chi connectivity index (χ3v) is 3.79. The van der Waals surface area contributed by atoms with Gasteiger partial charge in [0.2, 0.25) is 0 Å². The van der Waals surface area contributed by atoms with Gasteiger partial charge >= 0.3 is 0 Å². The largest absolute Gasteiger partial charge is 0.486 e. The van der Waals surface area contributed by atoms with Crippen molar-refractivity contribution in [2.45, 2.75) is 25.3 Å². The van der Waals surface area contributed by atoms with Gasteiger partial charge in [0.1, 0.15) is 13.2 Å². The molecule has 0 aromatic heterocycles. The second-order valence-corrected chi connectivity index (χ2v) is 5.52. The first-order valence-electron chi connectivity index (χ1n) is 6.97. The Morgan fingerprint density at radius 1 is 1.16 bits per heavy atom. The zero-order valence-corrected chi connectivity index (χ0v) is 11.4. The van der Waals surface area contributed by atoms with Crippen LogP contribution in [0.3, 0.4) is 0 Å². The Hall–Kier alpha value is -1.26. The molecule has 0 saturated carbocycles. The highest BCUT2D eigenvalue weighted by molar-refractivity contribution is 5.43. The van der Waals surface area contributed by atoms with Gasteiger partial charge in [0.25, 0.3) is 0 Å². The molecular formula is C15H21NO3. The van der Waals surface area contributed by atoms with Crippen molar-refractivity contribution >= 4 is 0 Å². The number of nitrogens with one attached hydrogen (secondary N) is 1. The van der Waals surface area contributed by atoms with E-state index in [9.17, 15) is 0 Å². The third-order valence-electron chi connectivity index (χ3n) is 3.79. The minimum atomic E-state index is 0.0888. The maximum Gasteiger partial charge on any atom is 0.161 e. The van der Waals surface area contributed by atoms with E-state index in [0.29, 0.717) is 13.2 Å². The van der Waals surface area contributed by atoms with E-state index in [1.54, 1.807) is 0 Å². The van der Waals surface area contributed by atoms with Crippen molar-refractivity contribution in [2.75, 3.05) is 33.0 Å². The van der Waals surface area contributed by atoms with E-state index in [1.165, 1.54) is 5.56 Å². The van der Waals surface area contributed by atoms with Crippen LogP contribution in [-0.2, 0) is 11.2 Å². The molecule has 19 heavy (non-hydrogen) atoms. The summed E-state index contributed by atoms with van der Waals surface area (Å²) in [6.07, 6.45) is 2.08. The number of rotatable bonds is 3. The Morgan fingerprint density at radius 3 is 2.79 bits per heavy atom. The molecule has 104 valence electrons. The number of benzene rings is 1. The summed E-state index contributed by atoms with van der Waals surface area (Å²) < 4.78 is 16.7. The molecule has 1 atom stereocenters. The smallest absolute Gasteiger partial charge is 0.161 e. The van der Waals surface area contributed by atoms with E-state index in [0.717, 1.165) is 44.1 Å². The minimum Gasteiger partial charge on any atom is -0.486 e. The quantitative estimate of drug-likeness (QED) is 0.902. The van der Waals surface area contributed by atoms with E-state index in [-0.39, 0.29) is 5.54 Å². The molecule has 2 aliphatic heterocycles. The highest BCUT2D eigenvalue weighted by atomic mass is 16.6. The van der Waals surface area contributed by atoms with E-state index in [1.807, 2.05) is 6.07 Å². The fourth-order valence-corrected chi connectivity index (χ4v) is 2.60. The molecule has 4 nitrogen and oxygen atoms in total. The Balaban J connectivity index is 1.63. The van der Waals surface area contributed by atoms with Gasteiger partial charge in [-0.15, -0.1) is 0 Å². The Morgan fingerprint density at radius 2 is 2.00 bits per heavy atom. The summed E-state index contributed by atoms with van der Waals surface area (Å²) in [4.78, 5) is 0. The normalized spacial score (nSPS) is 26.2. The van der Waals surface area contributed by atoms with Gasteiger partial charge in [-0.25, -0.2) is 0 Å². The van der Waals surface area contributed by atoms with Crippen LogP contribution in [0.1, 0.15) is 18.9 Å². The van der Waals surface area contributed by atoms with Crippen LogP contribution in [0.2, 0.25) is 0 Å². The van der Waals surface area contributed by atoms with Gasteiger partial charge in [-0.2, -0.15) is 0 Å². The zero-order valence-electron chi connectivity index (χ0n) is 11.4. The summed E-state index contributed by atoms with van der Waals surface area (Å²) in [5.41, 5.74) is 1.38. The van der Waals surface area contributed by atoms with Gasteiger partial charge < -0.3 is 19.5 Å². The molecule has 0 spiro atoms. The first-order chi connectivity index (χ1) is 9.25. The van der Waals surface area contributed by atoms with E-state index in [4.69, 9.17) is 14.2 Å². The number of ether oxygens (including phenoxy) is 3. The van der Waals surface area contributed by atoms with Crippen molar-refractivity contribution in [2.24, 2.45) is 0 Å². The molecule has 0 amide bonds. The van der Waals surface area contributed by atoms with E-state index in [2.05, 4.69) is 24.4 Å². The molecule has 1 aromatic rings. The molecule has 1 aromatic carbocycles. The Bertz CT molecular complexity index is 441. The predicted octanol–water partition coefficient (Wildman–Crippen LogP) is 1.77. The lowest BCUT2D eigenvalue weighted by Gasteiger charge is -2.35. The third kappa shape index (κ3) is 3.01. The molecule has 1 fully saturated rings. The maximum absolute atomic E-state index is 5.62. The van der Waals surface area contributed by atoms with Crippen LogP contribution in [-0.4, -0.2) is 38.5 Å². The van der Waals surface area contributed by atoms with Crippen LogP contribution in [0.5, 0.6) is 11.5 Å². The Labute approximate surface area is 114 Å². The summed E-state index contributed by atoms with van der Waals surface area (Å²) >= 11 is 0. The molecule has 0 radical (unpaired) electrons. The number of morpholine rings is 1. The number of fused-ring (bicyclic) bond motifs is 1. The van der Waals surface area contributed by atoms with E-state index < -0.39 is 0 Å². The SMILES string of the molecule is CC1(CCc2ccc3c(c2)OCCO3)COCCN1. The number of aryl methyl sites for hydroxylation is 1. The summed E-state index contributed by atoms with van der Waals surface area (Å²) in [5, 5.41) is 3.55. The zero-order chi connectivity index (χ0) is 13.1. The second kappa shape index (κ2) is 5.39. The summed E-state index contributed by atoms with van der Waals surface area (Å²) in [7, 11) is 0. The topological polar surface area (TPSA) is 39.7 Å². The van der Waals surface area contributed by atoms with Crippen LogP contribution in [0.15, 0.2) is 18.2 Å². The molecule has 0 aliphatic carbocycles. The molecule has 3 rings (SSSR count). The first kappa shape index (κ1) is 12.8. The van der Waals surface area contributed by atoms with Crippen LogP contribution in [0, 0.1) is 0 Å². The van der Waals surface area contributed by atoms with E-state index >= 15 is 0 Å². The second-order valence-electron chi connectivity index (χ2n) is 5.52. The van der Waals surface area contributed by atoms with Gasteiger partial charge in [0, 0.05) is 12.1 Å². The van der Waals surface area contributed by atoms with Crippen molar-refractivity contribution in [3.8, 4) is 11.5 Å².